The van der Waals surface area contributed by atoms with E-state index in [2.05, 4.69) is 20.0 Å². The first kappa shape index (κ1) is 18.2. The molecule has 0 saturated carbocycles. The number of nitrogens with zero attached hydrogens (tertiary/aromatic N) is 2. The van der Waals surface area contributed by atoms with Gasteiger partial charge in [0.1, 0.15) is 0 Å². The van der Waals surface area contributed by atoms with Gasteiger partial charge in [0.15, 0.2) is 5.13 Å². The SMILES string of the molecule is CC(NS(=O)(=O)c1ccccc1)C(=O)Nc1nc(-c2cccnc2)cs1. The Kier molecular flexibility index (Phi) is 5.40. The third-order valence-electron chi connectivity index (χ3n) is 3.47. The summed E-state index contributed by atoms with van der Waals surface area (Å²) >= 11 is 1.26. The third-order valence-corrected chi connectivity index (χ3v) is 5.78. The van der Waals surface area contributed by atoms with Crippen molar-refractivity contribution in [2.75, 3.05) is 5.32 Å². The van der Waals surface area contributed by atoms with Crippen LogP contribution < -0.4 is 10.0 Å². The molecule has 3 rings (SSSR count). The molecular formula is C17H16N4O3S2. The molecule has 0 saturated heterocycles. The predicted octanol–water partition coefficient (Wildman–Crippen LogP) is 2.51. The zero-order valence-electron chi connectivity index (χ0n) is 13.8. The van der Waals surface area contributed by atoms with E-state index in [0.29, 0.717) is 10.8 Å². The molecule has 0 radical (unpaired) electrons. The summed E-state index contributed by atoms with van der Waals surface area (Å²) in [6, 6.07) is 10.6. The highest BCUT2D eigenvalue weighted by Gasteiger charge is 2.22. The molecule has 9 heteroatoms. The molecule has 0 aliphatic carbocycles. The monoisotopic (exact) mass is 388 g/mol. The molecule has 7 nitrogen and oxygen atoms in total. The van der Waals surface area contributed by atoms with Crippen LogP contribution in [0.2, 0.25) is 0 Å². The quantitative estimate of drug-likeness (QED) is 0.676. The van der Waals surface area contributed by atoms with Gasteiger partial charge in [0, 0.05) is 23.3 Å². The third kappa shape index (κ3) is 4.31. The molecule has 134 valence electrons. The average Bonchev–Trinajstić information content (AvgIpc) is 3.11. The number of anilines is 1. The highest BCUT2D eigenvalue weighted by atomic mass is 32.2. The predicted molar refractivity (Wildman–Crippen MR) is 100 cm³/mol. The van der Waals surface area contributed by atoms with Crippen LogP contribution in [0.4, 0.5) is 5.13 Å². The number of amides is 1. The zero-order valence-corrected chi connectivity index (χ0v) is 15.4. The van der Waals surface area contributed by atoms with Crippen LogP contribution >= 0.6 is 11.3 Å². The summed E-state index contributed by atoms with van der Waals surface area (Å²) in [5, 5.41) is 4.81. The van der Waals surface area contributed by atoms with E-state index in [1.807, 2.05) is 6.07 Å². The number of aromatic nitrogens is 2. The van der Waals surface area contributed by atoms with Gasteiger partial charge in [0.05, 0.1) is 16.6 Å². The van der Waals surface area contributed by atoms with Crippen molar-refractivity contribution in [2.24, 2.45) is 0 Å². The summed E-state index contributed by atoms with van der Waals surface area (Å²) in [5.41, 5.74) is 1.53. The van der Waals surface area contributed by atoms with Gasteiger partial charge in [-0.1, -0.05) is 18.2 Å². The maximum atomic E-state index is 12.3. The van der Waals surface area contributed by atoms with Gasteiger partial charge in [0.2, 0.25) is 15.9 Å². The van der Waals surface area contributed by atoms with Gasteiger partial charge in [-0.15, -0.1) is 11.3 Å². The Bertz CT molecular complexity index is 989. The molecule has 1 unspecified atom stereocenters. The van der Waals surface area contributed by atoms with Crippen LogP contribution in [-0.2, 0) is 14.8 Å². The highest BCUT2D eigenvalue weighted by Crippen LogP contribution is 2.24. The number of nitrogens with one attached hydrogen (secondary N) is 2. The van der Waals surface area contributed by atoms with E-state index in [0.717, 1.165) is 5.56 Å². The fourth-order valence-corrected chi connectivity index (χ4v) is 4.09. The molecule has 1 aromatic carbocycles. The standard InChI is InChI=1S/C17H16N4O3S2/c1-12(21-26(23,24)14-7-3-2-4-8-14)16(22)20-17-19-15(11-25-17)13-6-5-9-18-10-13/h2-12,21H,1H3,(H,19,20,22). The number of carbonyl (C=O) groups excluding carboxylic acids is 1. The first-order valence-corrected chi connectivity index (χ1v) is 10.1. The van der Waals surface area contributed by atoms with Crippen LogP contribution in [0.15, 0.2) is 65.1 Å². The Morgan fingerprint density at radius 3 is 2.62 bits per heavy atom. The van der Waals surface area contributed by atoms with Crippen LogP contribution in [0.5, 0.6) is 0 Å². The molecular weight excluding hydrogens is 372 g/mol. The molecule has 0 aliphatic heterocycles. The Hall–Kier alpha value is -2.62. The number of carbonyl (C=O) groups is 1. The highest BCUT2D eigenvalue weighted by molar-refractivity contribution is 7.89. The summed E-state index contributed by atoms with van der Waals surface area (Å²) in [6.45, 7) is 1.48. The first-order chi connectivity index (χ1) is 12.5. The van der Waals surface area contributed by atoms with Gasteiger partial charge < -0.3 is 5.32 Å². The van der Waals surface area contributed by atoms with Crippen molar-refractivity contribution in [3.05, 3.63) is 60.2 Å². The first-order valence-electron chi connectivity index (χ1n) is 7.70. The minimum Gasteiger partial charge on any atom is -0.301 e. The van der Waals surface area contributed by atoms with E-state index in [1.54, 1.807) is 42.0 Å². The lowest BCUT2D eigenvalue weighted by Crippen LogP contribution is -2.41. The van der Waals surface area contributed by atoms with Crippen molar-refractivity contribution >= 4 is 32.4 Å². The fraction of sp³-hybridized carbons (Fsp3) is 0.118. The van der Waals surface area contributed by atoms with E-state index in [4.69, 9.17) is 0 Å². The molecule has 1 amide bonds. The van der Waals surface area contributed by atoms with Gasteiger partial charge in [0.25, 0.3) is 0 Å². The Balaban J connectivity index is 1.66. The van der Waals surface area contributed by atoms with Crippen molar-refractivity contribution in [1.29, 1.82) is 0 Å². The minimum absolute atomic E-state index is 0.104. The van der Waals surface area contributed by atoms with E-state index < -0.39 is 22.0 Å². The van der Waals surface area contributed by atoms with E-state index in [9.17, 15) is 13.2 Å². The number of pyridine rings is 1. The lowest BCUT2D eigenvalue weighted by atomic mass is 10.2. The van der Waals surface area contributed by atoms with Crippen molar-refractivity contribution in [1.82, 2.24) is 14.7 Å². The van der Waals surface area contributed by atoms with Gasteiger partial charge in [-0.2, -0.15) is 4.72 Å². The number of hydrogen-bond donors (Lipinski definition) is 2. The summed E-state index contributed by atoms with van der Waals surface area (Å²) in [7, 11) is -3.77. The summed E-state index contributed by atoms with van der Waals surface area (Å²) in [4.78, 5) is 20.7. The molecule has 2 N–H and O–H groups in total. The number of hydrogen-bond acceptors (Lipinski definition) is 6. The second-order valence-corrected chi connectivity index (χ2v) is 8.00. The molecule has 1 atom stereocenters. The molecule has 2 heterocycles. The lowest BCUT2D eigenvalue weighted by molar-refractivity contribution is -0.117. The molecule has 0 fully saturated rings. The summed E-state index contributed by atoms with van der Waals surface area (Å²) in [6.07, 6.45) is 3.34. The largest absolute Gasteiger partial charge is 0.301 e. The van der Waals surface area contributed by atoms with Crippen LogP contribution in [0, 0.1) is 0 Å². The molecule has 0 aliphatic rings. The van der Waals surface area contributed by atoms with Crippen molar-refractivity contribution < 1.29 is 13.2 Å². The zero-order chi connectivity index (χ0) is 18.6. The van der Waals surface area contributed by atoms with Gasteiger partial charge in [-0.25, -0.2) is 13.4 Å². The number of thiazole rings is 1. The Morgan fingerprint density at radius 2 is 1.92 bits per heavy atom. The molecule has 3 aromatic rings. The number of sulfonamides is 1. The second kappa shape index (κ2) is 7.73. The summed E-state index contributed by atoms with van der Waals surface area (Å²) in [5.74, 6) is -0.489. The molecule has 0 bridgehead atoms. The Morgan fingerprint density at radius 1 is 1.15 bits per heavy atom. The molecule has 2 aromatic heterocycles. The van der Waals surface area contributed by atoms with Crippen molar-refractivity contribution in [3.63, 3.8) is 0 Å². The topological polar surface area (TPSA) is 101 Å². The number of rotatable bonds is 6. The van der Waals surface area contributed by atoms with Gasteiger partial charge >= 0.3 is 0 Å². The van der Waals surface area contributed by atoms with Crippen molar-refractivity contribution in [2.45, 2.75) is 17.9 Å². The van der Waals surface area contributed by atoms with Gasteiger partial charge in [-0.05, 0) is 31.2 Å². The van der Waals surface area contributed by atoms with Crippen LogP contribution in [0.1, 0.15) is 6.92 Å². The fourth-order valence-electron chi connectivity index (χ4n) is 2.15. The van der Waals surface area contributed by atoms with E-state index in [-0.39, 0.29) is 4.90 Å². The van der Waals surface area contributed by atoms with Crippen molar-refractivity contribution in [3.8, 4) is 11.3 Å². The maximum Gasteiger partial charge on any atom is 0.244 e. The van der Waals surface area contributed by atoms with E-state index >= 15 is 0 Å². The second-order valence-electron chi connectivity index (χ2n) is 5.42. The van der Waals surface area contributed by atoms with Crippen LogP contribution in [0.3, 0.4) is 0 Å². The van der Waals surface area contributed by atoms with Crippen LogP contribution in [0.25, 0.3) is 11.3 Å². The van der Waals surface area contributed by atoms with E-state index in [1.165, 1.54) is 30.4 Å². The average molecular weight is 388 g/mol. The lowest BCUT2D eigenvalue weighted by Gasteiger charge is -2.13. The molecule has 0 spiro atoms. The summed E-state index contributed by atoms with van der Waals surface area (Å²) < 4.78 is 26.9. The Labute approximate surface area is 155 Å². The maximum absolute atomic E-state index is 12.3. The number of benzene rings is 1. The van der Waals surface area contributed by atoms with Gasteiger partial charge in [-0.3, -0.25) is 9.78 Å². The van der Waals surface area contributed by atoms with Crippen LogP contribution in [-0.4, -0.2) is 30.3 Å². The molecule has 26 heavy (non-hydrogen) atoms. The normalized spacial score (nSPS) is 12.5. The smallest absolute Gasteiger partial charge is 0.244 e. The minimum atomic E-state index is -3.77.